The Morgan fingerprint density at radius 2 is 1.84 bits per heavy atom. The van der Waals surface area contributed by atoms with Crippen molar-refractivity contribution >= 4 is 11.6 Å². The van der Waals surface area contributed by atoms with Crippen molar-refractivity contribution < 1.29 is 19.1 Å². The lowest BCUT2D eigenvalue weighted by Crippen LogP contribution is -2.54. The number of rotatable bonds is 0. The molecule has 0 N–H and O–H groups in total. The molecule has 0 aromatic rings. The van der Waals surface area contributed by atoms with Gasteiger partial charge in [0.25, 0.3) is 0 Å². The third-order valence-corrected chi connectivity index (χ3v) is 11.0. The molecule has 170 valence electrons. The van der Waals surface area contributed by atoms with E-state index in [1.807, 2.05) is 6.08 Å². The molecule has 2 aliphatic heterocycles. The maximum Gasteiger partial charge on any atom is 0.171 e. The maximum absolute atomic E-state index is 13.5. The van der Waals surface area contributed by atoms with Crippen LogP contribution in [0.1, 0.15) is 79.1 Å². The minimum Gasteiger partial charge on any atom is -0.349 e. The number of Topliss-reactive ketones (excluding diaryl/α,β-unsaturated/α-hetero) is 1. The monoisotopic (exact) mass is 426 g/mol. The molecule has 0 unspecified atom stereocenters. The summed E-state index contributed by atoms with van der Waals surface area (Å²) in [5.41, 5.74) is 1.30. The van der Waals surface area contributed by atoms with Crippen LogP contribution in [0.2, 0.25) is 0 Å². The van der Waals surface area contributed by atoms with Crippen molar-refractivity contribution in [3.63, 3.8) is 0 Å². The molecule has 1 spiro atoms. The van der Waals surface area contributed by atoms with Gasteiger partial charge in [-0.1, -0.05) is 33.3 Å². The van der Waals surface area contributed by atoms with Crippen molar-refractivity contribution in [3.8, 4) is 0 Å². The van der Waals surface area contributed by atoms with Gasteiger partial charge in [-0.15, -0.1) is 0 Å². The predicted octanol–water partition coefficient (Wildman–Crippen LogP) is 5.10. The highest BCUT2D eigenvalue weighted by Gasteiger charge is 2.69. The van der Waals surface area contributed by atoms with E-state index >= 15 is 0 Å². The first kappa shape index (κ1) is 20.6. The number of ketones is 2. The van der Waals surface area contributed by atoms with Crippen molar-refractivity contribution in [3.05, 3.63) is 11.6 Å². The fourth-order valence-electron chi connectivity index (χ4n) is 9.24. The highest BCUT2D eigenvalue weighted by molar-refractivity contribution is 5.96. The van der Waals surface area contributed by atoms with E-state index in [9.17, 15) is 9.59 Å². The number of carbonyl (C=O) groups excluding carboxylic acids is 2. The molecule has 0 radical (unpaired) electrons. The highest BCUT2D eigenvalue weighted by Crippen LogP contribution is 2.70. The largest absolute Gasteiger partial charge is 0.349 e. The van der Waals surface area contributed by atoms with E-state index in [0.717, 1.165) is 37.9 Å². The lowest BCUT2D eigenvalue weighted by atomic mass is 9.46. The van der Waals surface area contributed by atoms with Crippen molar-refractivity contribution in [2.24, 2.45) is 46.3 Å². The Balaban J connectivity index is 1.32. The van der Waals surface area contributed by atoms with Crippen LogP contribution in [0, 0.1) is 46.3 Å². The molecular formula is C27H38O4. The first-order chi connectivity index (χ1) is 14.7. The summed E-state index contributed by atoms with van der Waals surface area (Å²) in [6.07, 6.45) is 9.67. The van der Waals surface area contributed by atoms with Crippen molar-refractivity contribution in [1.82, 2.24) is 0 Å². The first-order valence-corrected chi connectivity index (χ1v) is 12.8. The summed E-state index contributed by atoms with van der Waals surface area (Å²) in [5, 5.41) is 0. The third kappa shape index (κ3) is 2.61. The Morgan fingerprint density at radius 1 is 1.03 bits per heavy atom. The lowest BCUT2D eigenvalue weighted by molar-refractivity contribution is -0.272. The number of fused-ring (bicyclic) bond motifs is 7. The second-order valence-electron chi connectivity index (χ2n) is 12.5. The lowest BCUT2D eigenvalue weighted by Gasteiger charge is -2.57. The molecule has 4 nitrogen and oxygen atoms in total. The Morgan fingerprint density at radius 3 is 2.58 bits per heavy atom. The van der Waals surface area contributed by atoms with Crippen LogP contribution < -0.4 is 0 Å². The zero-order valence-electron chi connectivity index (χ0n) is 19.6. The van der Waals surface area contributed by atoms with Gasteiger partial charge in [-0.25, -0.2) is 0 Å². The van der Waals surface area contributed by atoms with Crippen molar-refractivity contribution in [2.45, 2.75) is 91.0 Å². The van der Waals surface area contributed by atoms with Crippen LogP contribution in [0.3, 0.4) is 0 Å². The van der Waals surface area contributed by atoms with E-state index in [-0.39, 0.29) is 22.9 Å². The summed E-state index contributed by atoms with van der Waals surface area (Å²) < 4.78 is 13.2. The molecule has 2 saturated heterocycles. The number of ether oxygens (including phenoxy) is 2. The van der Waals surface area contributed by atoms with Crippen LogP contribution in [-0.2, 0) is 19.1 Å². The van der Waals surface area contributed by atoms with Gasteiger partial charge >= 0.3 is 0 Å². The Hall–Kier alpha value is -1.00. The van der Waals surface area contributed by atoms with E-state index in [2.05, 4.69) is 27.7 Å². The molecule has 0 aromatic heterocycles. The Kier molecular flexibility index (Phi) is 4.34. The first-order valence-electron chi connectivity index (χ1n) is 12.8. The molecule has 3 saturated carbocycles. The van der Waals surface area contributed by atoms with Crippen molar-refractivity contribution in [2.75, 3.05) is 6.61 Å². The summed E-state index contributed by atoms with van der Waals surface area (Å²) in [4.78, 5) is 25.6. The van der Waals surface area contributed by atoms with Crippen LogP contribution in [0.5, 0.6) is 0 Å². The Labute approximate surface area is 186 Å². The summed E-state index contributed by atoms with van der Waals surface area (Å²) in [6.45, 7) is 10.2. The van der Waals surface area contributed by atoms with Gasteiger partial charge in [0.2, 0.25) is 0 Å². The average molecular weight is 427 g/mol. The van der Waals surface area contributed by atoms with Crippen LogP contribution >= 0.6 is 0 Å². The molecule has 4 heteroatoms. The standard InChI is InChI=1S/C27H38O4/c1-15-5-10-27(30-14-15)16(2)24-22(31-27)13-20-23-19(7-9-26(20,24)4)25(3)8-6-18(28)11-17(25)12-21(23)29/h12,15-16,19-20,22-24H,5-11,13-14H2,1-4H3/t15-,16+,19+,20+,22+,23-,24+,25+,26+,27-/m1/s1. The minimum absolute atomic E-state index is 0.0296. The van der Waals surface area contributed by atoms with Crippen LogP contribution in [-0.4, -0.2) is 30.1 Å². The molecule has 5 fully saturated rings. The zero-order valence-corrected chi connectivity index (χ0v) is 19.6. The molecule has 0 bridgehead atoms. The van der Waals surface area contributed by atoms with Gasteiger partial charge in [0.1, 0.15) is 5.78 Å². The number of allylic oxidation sites excluding steroid dienone is 2. The average Bonchev–Trinajstić information content (AvgIpc) is 3.16. The second kappa shape index (κ2) is 6.53. The fraction of sp³-hybridized carbons (Fsp3) is 0.852. The van der Waals surface area contributed by atoms with Gasteiger partial charge in [-0.3, -0.25) is 9.59 Å². The molecule has 10 atom stereocenters. The van der Waals surface area contributed by atoms with Crippen LogP contribution in [0.25, 0.3) is 0 Å². The normalized spacial score (nSPS) is 56.0. The van der Waals surface area contributed by atoms with E-state index in [4.69, 9.17) is 9.47 Å². The Bertz CT molecular complexity index is 851. The number of hydrogen-bond acceptors (Lipinski definition) is 4. The van der Waals surface area contributed by atoms with Gasteiger partial charge in [-0.2, -0.15) is 0 Å². The highest BCUT2D eigenvalue weighted by atomic mass is 16.7. The van der Waals surface area contributed by atoms with Gasteiger partial charge in [0, 0.05) is 31.1 Å². The van der Waals surface area contributed by atoms with E-state index in [1.165, 1.54) is 12.8 Å². The molecular weight excluding hydrogens is 388 g/mol. The summed E-state index contributed by atoms with van der Waals surface area (Å²) >= 11 is 0. The minimum atomic E-state index is -0.397. The molecule has 31 heavy (non-hydrogen) atoms. The van der Waals surface area contributed by atoms with Gasteiger partial charge in [0.15, 0.2) is 11.6 Å². The topological polar surface area (TPSA) is 52.6 Å². The number of carbonyl (C=O) groups is 2. The predicted molar refractivity (Wildman–Crippen MR) is 117 cm³/mol. The zero-order chi connectivity index (χ0) is 21.8. The summed E-state index contributed by atoms with van der Waals surface area (Å²) in [5.74, 6) is 2.56. The van der Waals surface area contributed by atoms with Gasteiger partial charge in [0.05, 0.1) is 12.7 Å². The molecule has 4 aliphatic carbocycles. The van der Waals surface area contributed by atoms with E-state index in [0.29, 0.717) is 54.0 Å². The van der Waals surface area contributed by atoms with Gasteiger partial charge < -0.3 is 9.47 Å². The van der Waals surface area contributed by atoms with Gasteiger partial charge in [-0.05, 0) is 72.7 Å². The fourth-order valence-corrected chi connectivity index (χ4v) is 9.24. The molecule has 6 aliphatic rings. The molecule has 2 heterocycles. The van der Waals surface area contributed by atoms with Crippen LogP contribution in [0.4, 0.5) is 0 Å². The molecule has 0 aromatic carbocycles. The SMILES string of the molecule is C[C@@H]1CC[C@@]2(OC1)O[C@H]1C[C@H]3[C@@H]4C(=O)C=C5CC(=O)CC[C@]5(C)[C@H]4CC[C@]3(C)[C@H]1[C@@H]2C. The van der Waals surface area contributed by atoms with E-state index < -0.39 is 5.79 Å². The quantitative estimate of drug-likeness (QED) is 0.541. The van der Waals surface area contributed by atoms with Crippen LogP contribution in [0.15, 0.2) is 11.6 Å². The van der Waals surface area contributed by atoms with Crippen molar-refractivity contribution in [1.29, 1.82) is 0 Å². The molecule has 6 rings (SSSR count). The summed E-state index contributed by atoms with van der Waals surface area (Å²) in [6, 6.07) is 0. The smallest absolute Gasteiger partial charge is 0.171 e. The second-order valence-corrected chi connectivity index (χ2v) is 12.5. The summed E-state index contributed by atoms with van der Waals surface area (Å²) in [7, 11) is 0. The molecule has 0 amide bonds. The number of hydrogen-bond donors (Lipinski definition) is 0. The van der Waals surface area contributed by atoms with E-state index in [1.54, 1.807) is 0 Å². The third-order valence-electron chi connectivity index (χ3n) is 11.0. The maximum atomic E-state index is 13.5.